The Morgan fingerprint density at radius 2 is 2.06 bits per heavy atom. The normalized spacial score (nSPS) is 15.3. The Kier molecular flexibility index (Phi) is 3.88. The molecule has 0 aliphatic heterocycles. The van der Waals surface area contributed by atoms with Gasteiger partial charge in [-0.25, -0.2) is 4.79 Å². The number of rotatable bonds is 4. The van der Waals surface area contributed by atoms with Crippen LogP contribution in [-0.2, 0) is 10.3 Å². The molecule has 0 radical (unpaired) electrons. The van der Waals surface area contributed by atoms with Crippen molar-refractivity contribution in [2.75, 3.05) is 6.54 Å². The Morgan fingerprint density at radius 3 is 2.47 bits per heavy atom. The molecule has 1 atom stereocenters. The number of pyridine rings is 1. The summed E-state index contributed by atoms with van der Waals surface area (Å²) in [5.41, 5.74) is -0.405. The van der Waals surface area contributed by atoms with Crippen molar-refractivity contribution in [1.82, 2.24) is 10.3 Å². The zero-order valence-electron chi connectivity index (χ0n) is 10.8. The molecular formula is C13H20N2O2. The minimum absolute atomic E-state index is 0.0267. The van der Waals surface area contributed by atoms with E-state index in [1.165, 1.54) is 0 Å². The summed E-state index contributed by atoms with van der Waals surface area (Å²) < 4.78 is 0. The minimum atomic E-state index is -1.10. The Bertz CT molecular complexity index is 384. The third kappa shape index (κ3) is 3.53. The highest BCUT2D eigenvalue weighted by Gasteiger charge is 2.35. The van der Waals surface area contributed by atoms with Crippen molar-refractivity contribution in [2.45, 2.75) is 33.2 Å². The molecule has 0 amide bonds. The zero-order chi connectivity index (χ0) is 13.1. The molecule has 0 spiro atoms. The predicted octanol–water partition coefficient (Wildman–Crippen LogP) is 2.02. The first-order valence-electron chi connectivity index (χ1n) is 5.65. The highest BCUT2D eigenvalue weighted by molar-refractivity contribution is 5.80. The average molecular weight is 236 g/mol. The fourth-order valence-corrected chi connectivity index (χ4v) is 1.40. The van der Waals surface area contributed by atoms with E-state index in [-0.39, 0.29) is 5.41 Å². The summed E-state index contributed by atoms with van der Waals surface area (Å²) in [7, 11) is 0. The number of carbonyl (C=O) groups is 1. The summed E-state index contributed by atoms with van der Waals surface area (Å²) in [6, 6.07) is 3.52. The highest BCUT2D eigenvalue weighted by atomic mass is 16.4. The van der Waals surface area contributed by atoms with Gasteiger partial charge in [-0.3, -0.25) is 10.3 Å². The predicted molar refractivity (Wildman–Crippen MR) is 66.7 cm³/mol. The van der Waals surface area contributed by atoms with Gasteiger partial charge in [0, 0.05) is 24.5 Å². The molecule has 2 N–H and O–H groups in total. The fourth-order valence-electron chi connectivity index (χ4n) is 1.40. The van der Waals surface area contributed by atoms with Gasteiger partial charge in [-0.05, 0) is 18.4 Å². The molecule has 0 aliphatic carbocycles. The molecule has 4 nitrogen and oxygen atoms in total. The molecule has 1 aromatic rings. The third-order valence-electron chi connectivity index (χ3n) is 2.64. The average Bonchev–Trinajstić information content (AvgIpc) is 2.26. The van der Waals surface area contributed by atoms with Crippen LogP contribution in [0.1, 0.15) is 33.3 Å². The number of carboxylic acid groups (broad SMARTS) is 1. The Morgan fingerprint density at radius 1 is 1.41 bits per heavy atom. The van der Waals surface area contributed by atoms with Gasteiger partial charge in [0.1, 0.15) is 5.54 Å². The van der Waals surface area contributed by atoms with Crippen LogP contribution in [0.15, 0.2) is 24.5 Å². The van der Waals surface area contributed by atoms with Crippen LogP contribution >= 0.6 is 0 Å². The first kappa shape index (κ1) is 13.6. The molecule has 0 aromatic carbocycles. The van der Waals surface area contributed by atoms with E-state index in [9.17, 15) is 9.90 Å². The van der Waals surface area contributed by atoms with Crippen molar-refractivity contribution in [1.29, 1.82) is 0 Å². The molecule has 0 aliphatic rings. The lowest BCUT2D eigenvalue weighted by Crippen LogP contribution is -2.49. The largest absolute Gasteiger partial charge is 0.480 e. The Hall–Kier alpha value is -1.42. The van der Waals surface area contributed by atoms with Crippen molar-refractivity contribution in [2.24, 2.45) is 5.41 Å². The van der Waals surface area contributed by atoms with E-state index in [2.05, 4.69) is 31.1 Å². The quantitative estimate of drug-likeness (QED) is 0.839. The van der Waals surface area contributed by atoms with Crippen LogP contribution in [0.4, 0.5) is 0 Å². The molecule has 1 aromatic heterocycles. The second-order valence-corrected chi connectivity index (χ2v) is 5.59. The SMILES string of the molecule is CC(C)(C)CNC(C)(C(=O)O)c1cccnc1. The summed E-state index contributed by atoms with van der Waals surface area (Å²) >= 11 is 0. The number of aromatic nitrogens is 1. The summed E-state index contributed by atoms with van der Waals surface area (Å²) in [6.45, 7) is 8.46. The molecule has 94 valence electrons. The van der Waals surface area contributed by atoms with Crippen molar-refractivity contribution in [3.63, 3.8) is 0 Å². The highest BCUT2D eigenvalue weighted by Crippen LogP contribution is 2.22. The van der Waals surface area contributed by atoms with Gasteiger partial charge in [0.2, 0.25) is 0 Å². The van der Waals surface area contributed by atoms with Crippen LogP contribution in [0.2, 0.25) is 0 Å². The molecule has 0 saturated carbocycles. The molecular weight excluding hydrogens is 216 g/mol. The van der Waals surface area contributed by atoms with E-state index in [1.54, 1.807) is 31.5 Å². The number of aliphatic carboxylic acids is 1. The second kappa shape index (κ2) is 4.84. The molecule has 0 saturated heterocycles. The van der Waals surface area contributed by atoms with Gasteiger partial charge in [-0.1, -0.05) is 26.8 Å². The van der Waals surface area contributed by atoms with E-state index in [0.717, 1.165) is 0 Å². The van der Waals surface area contributed by atoms with Crippen LogP contribution in [0.3, 0.4) is 0 Å². The van der Waals surface area contributed by atoms with Crippen molar-refractivity contribution in [3.8, 4) is 0 Å². The molecule has 4 heteroatoms. The lowest BCUT2D eigenvalue weighted by molar-refractivity contribution is -0.144. The number of carboxylic acids is 1. The molecule has 1 unspecified atom stereocenters. The smallest absolute Gasteiger partial charge is 0.328 e. The summed E-state index contributed by atoms with van der Waals surface area (Å²) in [4.78, 5) is 15.4. The Labute approximate surface area is 102 Å². The summed E-state index contributed by atoms with van der Waals surface area (Å²) in [6.07, 6.45) is 3.22. The maximum absolute atomic E-state index is 11.4. The fraction of sp³-hybridized carbons (Fsp3) is 0.538. The van der Waals surface area contributed by atoms with Crippen LogP contribution in [0.5, 0.6) is 0 Å². The number of hydrogen-bond acceptors (Lipinski definition) is 3. The molecule has 0 bridgehead atoms. The first-order chi connectivity index (χ1) is 7.76. The van der Waals surface area contributed by atoms with Crippen LogP contribution < -0.4 is 5.32 Å². The zero-order valence-corrected chi connectivity index (χ0v) is 10.8. The van der Waals surface area contributed by atoms with Gasteiger partial charge in [-0.15, -0.1) is 0 Å². The van der Waals surface area contributed by atoms with Gasteiger partial charge in [0.05, 0.1) is 0 Å². The summed E-state index contributed by atoms with van der Waals surface area (Å²) in [5, 5.41) is 12.5. The number of hydrogen-bond donors (Lipinski definition) is 2. The molecule has 1 rings (SSSR count). The topological polar surface area (TPSA) is 62.2 Å². The maximum atomic E-state index is 11.4. The van der Waals surface area contributed by atoms with E-state index in [0.29, 0.717) is 12.1 Å². The standard InChI is InChI=1S/C13H20N2O2/c1-12(2,3)9-15-13(4,11(16)17)10-6-5-7-14-8-10/h5-8,15H,9H2,1-4H3,(H,16,17). The molecule has 1 heterocycles. The van der Waals surface area contributed by atoms with E-state index < -0.39 is 11.5 Å². The van der Waals surface area contributed by atoms with Crippen LogP contribution in [0.25, 0.3) is 0 Å². The molecule has 17 heavy (non-hydrogen) atoms. The third-order valence-corrected chi connectivity index (χ3v) is 2.64. The summed E-state index contributed by atoms with van der Waals surface area (Å²) in [5.74, 6) is -0.894. The lowest BCUT2D eigenvalue weighted by Gasteiger charge is -2.30. The van der Waals surface area contributed by atoms with E-state index in [4.69, 9.17) is 0 Å². The van der Waals surface area contributed by atoms with Crippen LogP contribution in [0, 0.1) is 5.41 Å². The lowest BCUT2D eigenvalue weighted by atomic mass is 9.90. The van der Waals surface area contributed by atoms with Gasteiger partial charge >= 0.3 is 5.97 Å². The first-order valence-corrected chi connectivity index (χ1v) is 5.65. The maximum Gasteiger partial charge on any atom is 0.328 e. The van der Waals surface area contributed by atoms with Crippen molar-refractivity contribution >= 4 is 5.97 Å². The second-order valence-electron chi connectivity index (χ2n) is 5.59. The van der Waals surface area contributed by atoms with E-state index in [1.807, 2.05) is 0 Å². The van der Waals surface area contributed by atoms with Crippen molar-refractivity contribution < 1.29 is 9.90 Å². The van der Waals surface area contributed by atoms with Gasteiger partial charge in [-0.2, -0.15) is 0 Å². The van der Waals surface area contributed by atoms with Crippen molar-refractivity contribution in [3.05, 3.63) is 30.1 Å². The van der Waals surface area contributed by atoms with E-state index >= 15 is 0 Å². The van der Waals surface area contributed by atoms with Gasteiger partial charge < -0.3 is 5.11 Å². The minimum Gasteiger partial charge on any atom is -0.480 e. The molecule has 0 fully saturated rings. The van der Waals surface area contributed by atoms with Gasteiger partial charge in [0.15, 0.2) is 0 Å². The van der Waals surface area contributed by atoms with Crippen LogP contribution in [-0.4, -0.2) is 22.6 Å². The number of nitrogens with zero attached hydrogens (tertiary/aromatic N) is 1. The monoisotopic (exact) mass is 236 g/mol. The Balaban J connectivity index is 2.95. The number of nitrogens with one attached hydrogen (secondary N) is 1. The van der Waals surface area contributed by atoms with Gasteiger partial charge in [0.25, 0.3) is 0 Å².